The molecule has 1 saturated heterocycles. The standard InChI is InChI=1S/C18H23N5/c19-18(22-16-7-3-1-4-8-16)21-14-15-9-10-20-17(13-15)23-11-5-2-6-12-23/h1,3-4,7-10,13H,2,5-6,11-12,14H2,(H3,19,21,22). The van der Waals surface area contributed by atoms with Crippen LogP contribution in [0.2, 0.25) is 0 Å². The summed E-state index contributed by atoms with van der Waals surface area (Å²) in [5.74, 6) is 1.47. The number of pyridine rings is 1. The van der Waals surface area contributed by atoms with Crippen molar-refractivity contribution in [1.82, 2.24) is 4.98 Å². The van der Waals surface area contributed by atoms with Gasteiger partial charge in [0.05, 0.1) is 6.54 Å². The largest absolute Gasteiger partial charge is 0.370 e. The Morgan fingerprint density at radius 1 is 1.13 bits per heavy atom. The van der Waals surface area contributed by atoms with E-state index in [1.165, 1.54) is 19.3 Å². The number of anilines is 2. The fourth-order valence-electron chi connectivity index (χ4n) is 2.74. The van der Waals surface area contributed by atoms with Crippen LogP contribution in [-0.4, -0.2) is 24.0 Å². The molecule has 1 aliphatic heterocycles. The molecule has 3 N–H and O–H groups in total. The lowest BCUT2D eigenvalue weighted by molar-refractivity contribution is 0.573. The molecule has 0 unspecified atom stereocenters. The van der Waals surface area contributed by atoms with E-state index in [9.17, 15) is 0 Å². The van der Waals surface area contributed by atoms with Gasteiger partial charge in [0.15, 0.2) is 5.96 Å². The molecule has 2 heterocycles. The lowest BCUT2D eigenvalue weighted by atomic mass is 10.1. The van der Waals surface area contributed by atoms with Crippen molar-refractivity contribution in [3.05, 3.63) is 54.2 Å². The molecular formula is C18H23N5. The van der Waals surface area contributed by atoms with Gasteiger partial charge in [-0.1, -0.05) is 18.2 Å². The van der Waals surface area contributed by atoms with Gasteiger partial charge in [-0.3, -0.25) is 0 Å². The second-order valence-electron chi connectivity index (χ2n) is 5.76. The van der Waals surface area contributed by atoms with Crippen LogP contribution in [0.25, 0.3) is 0 Å². The van der Waals surface area contributed by atoms with E-state index in [2.05, 4.69) is 26.3 Å². The number of nitrogens with zero attached hydrogens (tertiary/aromatic N) is 3. The maximum atomic E-state index is 5.95. The van der Waals surface area contributed by atoms with E-state index in [1.54, 1.807) is 0 Å². The molecule has 0 bridgehead atoms. The summed E-state index contributed by atoms with van der Waals surface area (Å²) in [7, 11) is 0. The zero-order valence-corrected chi connectivity index (χ0v) is 13.3. The van der Waals surface area contributed by atoms with Gasteiger partial charge in [-0.2, -0.15) is 0 Å². The Kier molecular flexibility index (Phi) is 5.09. The van der Waals surface area contributed by atoms with Crippen molar-refractivity contribution in [2.24, 2.45) is 10.7 Å². The lowest BCUT2D eigenvalue weighted by Crippen LogP contribution is -2.30. The van der Waals surface area contributed by atoms with Crippen LogP contribution in [0, 0.1) is 0 Å². The fourth-order valence-corrected chi connectivity index (χ4v) is 2.74. The number of piperidine rings is 1. The molecule has 0 amide bonds. The summed E-state index contributed by atoms with van der Waals surface area (Å²) >= 11 is 0. The molecular weight excluding hydrogens is 286 g/mol. The van der Waals surface area contributed by atoms with Gasteiger partial charge in [0.1, 0.15) is 5.82 Å². The van der Waals surface area contributed by atoms with Crippen LogP contribution in [-0.2, 0) is 6.54 Å². The zero-order valence-electron chi connectivity index (χ0n) is 13.3. The van der Waals surface area contributed by atoms with Crippen molar-refractivity contribution in [3.8, 4) is 0 Å². The molecule has 5 heteroatoms. The maximum Gasteiger partial charge on any atom is 0.193 e. The Morgan fingerprint density at radius 2 is 1.91 bits per heavy atom. The molecule has 2 aromatic rings. The second-order valence-corrected chi connectivity index (χ2v) is 5.76. The normalized spacial score (nSPS) is 15.5. The van der Waals surface area contributed by atoms with Gasteiger partial charge in [0.25, 0.3) is 0 Å². The van der Waals surface area contributed by atoms with Crippen molar-refractivity contribution in [1.29, 1.82) is 0 Å². The number of nitrogens with one attached hydrogen (secondary N) is 1. The molecule has 120 valence electrons. The quantitative estimate of drug-likeness (QED) is 0.673. The highest BCUT2D eigenvalue weighted by atomic mass is 15.2. The van der Waals surface area contributed by atoms with Gasteiger partial charge in [0.2, 0.25) is 0 Å². The Labute approximate surface area is 137 Å². The van der Waals surface area contributed by atoms with E-state index in [0.29, 0.717) is 12.5 Å². The van der Waals surface area contributed by atoms with Crippen molar-refractivity contribution in [2.75, 3.05) is 23.3 Å². The highest BCUT2D eigenvalue weighted by Crippen LogP contribution is 2.18. The third-order valence-corrected chi connectivity index (χ3v) is 3.97. The van der Waals surface area contributed by atoms with Gasteiger partial charge in [0, 0.05) is 25.0 Å². The van der Waals surface area contributed by atoms with Crippen LogP contribution in [0.15, 0.2) is 53.7 Å². The number of benzene rings is 1. The lowest BCUT2D eigenvalue weighted by Gasteiger charge is -2.27. The molecule has 5 nitrogen and oxygen atoms in total. The zero-order chi connectivity index (χ0) is 15.9. The van der Waals surface area contributed by atoms with Gasteiger partial charge in [-0.15, -0.1) is 0 Å². The molecule has 3 rings (SSSR count). The monoisotopic (exact) mass is 309 g/mol. The first-order valence-corrected chi connectivity index (χ1v) is 8.13. The average Bonchev–Trinajstić information content (AvgIpc) is 2.62. The highest BCUT2D eigenvalue weighted by Gasteiger charge is 2.12. The van der Waals surface area contributed by atoms with Gasteiger partial charge in [-0.25, -0.2) is 9.98 Å². The van der Waals surface area contributed by atoms with Gasteiger partial charge >= 0.3 is 0 Å². The third kappa shape index (κ3) is 4.45. The molecule has 0 radical (unpaired) electrons. The Morgan fingerprint density at radius 3 is 2.70 bits per heavy atom. The van der Waals surface area contributed by atoms with Crippen LogP contribution in [0.1, 0.15) is 24.8 Å². The van der Waals surface area contributed by atoms with E-state index >= 15 is 0 Å². The number of rotatable bonds is 4. The summed E-state index contributed by atoms with van der Waals surface area (Å²) in [6, 6.07) is 13.9. The predicted octanol–water partition coefficient (Wildman–Crippen LogP) is 3.00. The molecule has 1 aromatic heterocycles. The molecule has 0 atom stereocenters. The first kappa shape index (κ1) is 15.3. The van der Waals surface area contributed by atoms with Crippen molar-refractivity contribution in [2.45, 2.75) is 25.8 Å². The van der Waals surface area contributed by atoms with Gasteiger partial charge < -0.3 is 16.0 Å². The van der Waals surface area contributed by atoms with E-state index in [4.69, 9.17) is 5.73 Å². The van der Waals surface area contributed by atoms with E-state index in [0.717, 1.165) is 30.2 Å². The topological polar surface area (TPSA) is 66.5 Å². The summed E-state index contributed by atoms with van der Waals surface area (Å²) in [5, 5.41) is 3.09. The van der Waals surface area contributed by atoms with Crippen LogP contribution in [0.5, 0.6) is 0 Å². The molecule has 0 saturated carbocycles. The van der Waals surface area contributed by atoms with E-state index in [1.807, 2.05) is 42.6 Å². The average molecular weight is 309 g/mol. The minimum atomic E-state index is 0.424. The van der Waals surface area contributed by atoms with E-state index < -0.39 is 0 Å². The Balaban J connectivity index is 1.62. The van der Waals surface area contributed by atoms with Crippen molar-refractivity contribution >= 4 is 17.5 Å². The molecule has 23 heavy (non-hydrogen) atoms. The minimum Gasteiger partial charge on any atom is -0.370 e. The first-order chi connectivity index (χ1) is 11.3. The number of para-hydroxylation sites is 1. The second kappa shape index (κ2) is 7.63. The smallest absolute Gasteiger partial charge is 0.193 e. The van der Waals surface area contributed by atoms with Crippen LogP contribution in [0.4, 0.5) is 11.5 Å². The molecule has 1 aromatic carbocycles. The Hall–Kier alpha value is -2.56. The third-order valence-electron chi connectivity index (χ3n) is 3.97. The molecule has 0 aliphatic carbocycles. The maximum absolute atomic E-state index is 5.95. The number of hydrogen-bond donors (Lipinski definition) is 2. The molecule has 0 spiro atoms. The SMILES string of the molecule is NC(=NCc1ccnc(N2CCCCC2)c1)Nc1ccccc1. The fraction of sp³-hybridized carbons (Fsp3) is 0.333. The summed E-state index contributed by atoms with van der Waals surface area (Å²) < 4.78 is 0. The summed E-state index contributed by atoms with van der Waals surface area (Å²) in [4.78, 5) is 11.3. The number of hydrogen-bond acceptors (Lipinski definition) is 3. The van der Waals surface area contributed by atoms with Crippen LogP contribution >= 0.6 is 0 Å². The number of nitrogens with two attached hydrogens (primary N) is 1. The number of guanidine groups is 1. The predicted molar refractivity (Wildman–Crippen MR) is 95.7 cm³/mol. The van der Waals surface area contributed by atoms with E-state index in [-0.39, 0.29) is 0 Å². The van der Waals surface area contributed by atoms with Gasteiger partial charge in [-0.05, 0) is 49.1 Å². The van der Waals surface area contributed by atoms with Crippen molar-refractivity contribution in [3.63, 3.8) is 0 Å². The van der Waals surface area contributed by atoms with Crippen molar-refractivity contribution < 1.29 is 0 Å². The van der Waals surface area contributed by atoms with Crippen LogP contribution in [0.3, 0.4) is 0 Å². The Bertz CT molecular complexity index is 647. The number of aliphatic imine (C=N–C) groups is 1. The molecule has 1 fully saturated rings. The van der Waals surface area contributed by atoms with Crippen LogP contribution < -0.4 is 16.0 Å². The summed E-state index contributed by atoms with van der Waals surface area (Å²) in [6.07, 6.45) is 5.67. The summed E-state index contributed by atoms with van der Waals surface area (Å²) in [6.45, 7) is 2.74. The summed E-state index contributed by atoms with van der Waals surface area (Å²) in [5.41, 5.74) is 8.01. The highest BCUT2D eigenvalue weighted by molar-refractivity contribution is 5.92. The molecule has 1 aliphatic rings. The minimum absolute atomic E-state index is 0.424. The number of aromatic nitrogens is 1. The first-order valence-electron chi connectivity index (χ1n) is 8.13.